The molecule has 0 aromatic rings. The Balaban J connectivity index is 1.81. The van der Waals surface area contributed by atoms with Gasteiger partial charge in [0.05, 0.1) is 13.2 Å². The van der Waals surface area contributed by atoms with Gasteiger partial charge in [0.25, 0.3) is 0 Å². The maximum Gasteiger partial charge on any atom is 0.0623 e. The van der Waals surface area contributed by atoms with Crippen molar-refractivity contribution in [2.45, 2.75) is 31.8 Å². The van der Waals surface area contributed by atoms with Gasteiger partial charge in [-0.2, -0.15) is 0 Å². The van der Waals surface area contributed by atoms with Gasteiger partial charge in [0, 0.05) is 31.1 Å². The summed E-state index contributed by atoms with van der Waals surface area (Å²) in [6.45, 7) is 8.73. The van der Waals surface area contributed by atoms with Gasteiger partial charge in [-0.15, -0.1) is 0 Å². The molecule has 2 rings (SSSR count). The first-order valence-corrected chi connectivity index (χ1v) is 7.40. The van der Waals surface area contributed by atoms with Crippen LogP contribution in [-0.4, -0.2) is 75.4 Å². The smallest absolute Gasteiger partial charge is 0.0623 e. The molecule has 2 heterocycles. The molecular formula is C14H29N3O. The molecule has 0 bridgehead atoms. The van der Waals surface area contributed by atoms with Crippen molar-refractivity contribution in [1.82, 2.24) is 15.1 Å². The van der Waals surface area contributed by atoms with E-state index in [2.05, 4.69) is 36.1 Å². The first-order valence-electron chi connectivity index (χ1n) is 7.40. The van der Waals surface area contributed by atoms with Crippen LogP contribution in [0, 0.1) is 5.92 Å². The van der Waals surface area contributed by atoms with E-state index in [1.165, 1.54) is 32.5 Å². The zero-order chi connectivity index (χ0) is 13.0. The molecule has 106 valence electrons. The lowest BCUT2D eigenvalue weighted by molar-refractivity contribution is 0.109. The third-order valence-corrected chi connectivity index (χ3v) is 4.37. The van der Waals surface area contributed by atoms with Crippen LogP contribution in [0.2, 0.25) is 0 Å². The Kier molecular flexibility index (Phi) is 5.42. The van der Waals surface area contributed by atoms with Crippen molar-refractivity contribution in [3.63, 3.8) is 0 Å². The van der Waals surface area contributed by atoms with E-state index in [1.54, 1.807) is 0 Å². The van der Waals surface area contributed by atoms with E-state index >= 15 is 0 Å². The van der Waals surface area contributed by atoms with Gasteiger partial charge in [-0.1, -0.05) is 6.92 Å². The summed E-state index contributed by atoms with van der Waals surface area (Å²) in [6, 6.07) is 1.30. The largest absolute Gasteiger partial charge is 0.379 e. The van der Waals surface area contributed by atoms with Gasteiger partial charge in [-0.05, 0) is 40.0 Å². The third-order valence-electron chi connectivity index (χ3n) is 4.37. The highest BCUT2D eigenvalue weighted by atomic mass is 16.5. The van der Waals surface area contributed by atoms with Gasteiger partial charge >= 0.3 is 0 Å². The lowest BCUT2D eigenvalue weighted by Crippen LogP contribution is -2.49. The highest BCUT2D eigenvalue weighted by Crippen LogP contribution is 2.19. The molecule has 2 fully saturated rings. The van der Waals surface area contributed by atoms with Crippen molar-refractivity contribution in [2.75, 3.05) is 53.5 Å². The molecule has 0 aliphatic carbocycles. The van der Waals surface area contributed by atoms with Crippen molar-refractivity contribution in [3.05, 3.63) is 0 Å². The van der Waals surface area contributed by atoms with Gasteiger partial charge < -0.3 is 19.9 Å². The Morgan fingerprint density at radius 2 is 2.17 bits per heavy atom. The second kappa shape index (κ2) is 6.85. The molecule has 0 amide bonds. The van der Waals surface area contributed by atoms with Crippen LogP contribution in [0.5, 0.6) is 0 Å². The number of likely N-dealkylation sites (N-methyl/N-ethyl adjacent to an activating group) is 2. The number of ether oxygens (including phenoxy) is 1. The predicted octanol–water partition coefficient (Wildman–Crippen LogP) is 0.637. The van der Waals surface area contributed by atoms with Gasteiger partial charge in [-0.25, -0.2) is 0 Å². The van der Waals surface area contributed by atoms with E-state index in [0.29, 0.717) is 12.0 Å². The van der Waals surface area contributed by atoms with Crippen LogP contribution in [-0.2, 0) is 4.74 Å². The minimum atomic E-state index is 0.565. The van der Waals surface area contributed by atoms with Gasteiger partial charge in [0.15, 0.2) is 0 Å². The van der Waals surface area contributed by atoms with E-state index in [-0.39, 0.29) is 0 Å². The maximum atomic E-state index is 5.64. The van der Waals surface area contributed by atoms with E-state index in [9.17, 15) is 0 Å². The molecule has 0 aromatic heterocycles. The Morgan fingerprint density at radius 1 is 1.33 bits per heavy atom. The third kappa shape index (κ3) is 3.67. The Morgan fingerprint density at radius 3 is 2.89 bits per heavy atom. The van der Waals surface area contributed by atoms with Crippen molar-refractivity contribution in [3.8, 4) is 0 Å². The second-order valence-electron chi connectivity index (χ2n) is 5.98. The molecule has 3 unspecified atom stereocenters. The highest BCUT2D eigenvalue weighted by Gasteiger charge is 2.31. The van der Waals surface area contributed by atoms with Crippen LogP contribution in [0.15, 0.2) is 0 Å². The average Bonchev–Trinajstić information content (AvgIpc) is 2.77. The maximum absolute atomic E-state index is 5.64. The van der Waals surface area contributed by atoms with E-state index < -0.39 is 0 Å². The summed E-state index contributed by atoms with van der Waals surface area (Å²) in [5.74, 6) is 0.672. The number of nitrogens with zero attached hydrogens (tertiary/aromatic N) is 2. The van der Waals surface area contributed by atoms with Gasteiger partial charge in [0.1, 0.15) is 0 Å². The number of piperidine rings is 1. The second-order valence-corrected chi connectivity index (χ2v) is 5.98. The van der Waals surface area contributed by atoms with Crippen molar-refractivity contribution < 1.29 is 4.74 Å². The zero-order valence-electron chi connectivity index (χ0n) is 12.2. The number of hydrogen-bond donors (Lipinski definition) is 1. The summed E-state index contributed by atoms with van der Waals surface area (Å²) in [4.78, 5) is 5.01. The Bertz CT molecular complexity index is 247. The predicted molar refractivity (Wildman–Crippen MR) is 74.9 cm³/mol. The molecule has 2 aliphatic rings. The molecule has 0 spiro atoms. The summed E-state index contributed by atoms with van der Waals surface area (Å²) >= 11 is 0. The average molecular weight is 255 g/mol. The number of hydrogen-bond acceptors (Lipinski definition) is 4. The van der Waals surface area contributed by atoms with Gasteiger partial charge in [-0.3, -0.25) is 0 Å². The summed E-state index contributed by atoms with van der Waals surface area (Å²) in [6.07, 6.45) is 2.68. The summed E-state index contributed by atoms with van der Waals surface area (Å²) in [7, 11) is 4.41. The molecule has 1 N–H and O–H groups in total. The van der Waals surface area contributed by atoms with Crippen LogP contribution >= 0.6 is 0 Å². The fourth-order valence-electron chi connectivity index (χ4n) is 3.22. The van der Waals surface area contributed by atoms with E-state index in [0.717, 1.165) is 25.8 Å². The lowest BCUT2D eigenvalue weighted by Gasteiger charge is -2.37. The fourth-order valence-corrected chi connectivity index (χ4v) is 3.22. The van der Waals surface area contributed by atoms with Crippen molar-refractivity contribution >= 4 is 0 Å². The summed E-state index contributed by atoms with van der Waals surface area (Å²) in [5.41, 5.74) is 0. The standard InChI is InChI=1S/C14H29N3O/c1-4-15-14-11-18-10-12(14)8-17-7-5-6-13(9-17)16(2)3/h12-15H,4-11H2,1-3H3. The van der Waals surface area contributed by atoms with E-state index in [1.807, 2.05) is 0 Å². The quantitative estimate of drug-likeness (QED) is 0.780. The first kappa shape index (κ1) is 14.3. The highest BCUT2D eigenvalue weighted by molar-refractivity contribution is 4.86. The molecule has 0 aromatic carbocycles. The molecule has 0 saturated carbocycles. The summed E-state index contributed by atoms with van der Waals surface area (Å²) < 4.78 is 5.64. The molecule has 0 radical (unpaired) electrons. The molecule has 3 atom stereocenters. The number of rotatable bonds is 5. The van der Waals surface area contributed by atoms with Crippen molar-refractivity contribution in [1.29, 1.82) is 0 Å². The minimum Gasteiger partial charge on any atom is -0.379 e. The Hall–Kier alpha value is -0.160. The summed E-state index contributed by atoms with van der Waals surface area (Å²) in [5, 5.41) is 3.56. The first-order chi connectivity index (χ1) is 8.70. The minimum absolute atomic E-state index is 0.565. The van der Waals surface area contributed by atoms with Crippen molar-refractivity contribution in [2.24, 2.45) is 5.92 Å². The molecular weight excluding hydrogens is 226 g/mol. The van der Waals surface area contributed by atoms with Crippen LogP contribution in [0.1, 0.15) is 19.8 Å². The molecule has 2 aliphatic heterocycles. The van der Waals surface area contributed by atoms with Crippen LogP contribution in [0.4, 0.5) is 0 Å². The Labute approximate surface area is 112 Å². The normalized spacial score (nSPS) is 34.3. The lowest BCUT2D eigenvalue weighted by atomic mass is 9.99. The van der Waals surface area contributed by atoms with Crippen LogP contribution < -0.4 is 5.32 Å². The number of nitrogens with one attached hydrogen (secondary N) is 1. The van der Waals surface area contributed by atoms with Crippen LogP contribution in [0.25, 0.3) is 0 Å². The molecule has 18 heavy (non-hydrogen) atoms. The molecule has 4 heteroatoms. The monoisotopic (exact) mass is 255 g/mol. The topological polar surface area (TPSA) is 27.7 Å². The SMILES string of the molecule is CCNC1COCC1CN1CCCC(N(C)C)C1. The fraction of sp³-hybridized carbons (Fsp3) is 1.00. The van der Waals surface area contributed by atoms with E-state index in [4.69, 9.17) is 4.74 Å². The number of likely N-dealkylation sites (tertiary alicyclic amines) is 1. The molecule has 2 saturated heterocycles. The molecule has 4 nitrogen and oxygen atoms in total. The van der Waals surface area contributed by atoms with Crippen LogP contribution in [0.3, 0.4) is 0 Å². The van der Waals surface area contributed by atoms with Gasteiger partial charge in [0.2, 0.25) is 0 Å². The zero-order valence-corrected chi connectivity index (χ0v) is 12.2.